The molecule has 0 aliphatic heterocycles. The Hall–Kier alpha value is -3.52. The SMILES string of the molecule is c1ccc(N(CCCCCN(c2ccccc2)c2ccccc2)c2ccccc2)cc1. The fourth-order valence-corrected chi connectivity index (χ4v) is 3.96. The first-order chi connectivity index (χ1) is 15.4. The van der Waals surface area contributed by atoms with Crippen LogP contribution in [0.4, 0.5) is 22.7 Å². The Bertz CT molecular complexity index is 838. The second kappa shape index (κ2) is 11.0. The molecule has 0 aliphatic rings. The summed E-state index contributed by atoms with van der Waals surface area (Å²) in [6, 6.07) is 42.8. The van der Waals surface area contributed by atoms with Gasteiger partial charge < -0.3 is 9.80 Å². The molecule has 2 heteroatoms. The third-order valence-electron chi connectivity index (χ3n) is 5.53. The molecule has 0 saturated carbocycles. The lowest BCUT2D eigenvalue weighted by Gasteiger charge is -2.26. The van der Waals surface area contributed by atoms with E-state index in [2.05, 4.69) is 131 Å². The number of unbranched alkanes of at least 4 members (excludes halogenated alkanes) is 2. The van der Waals surface area contributed by atoms with E-state index >= 15 is 0 Å². The van der Waals surface area contributed by atoms with E-state index in [1.807, 2.05) is 0 Å². The minimum Gasteiger partial charge on any atom is -0.341 e. The van der Waals surface area contributed by atoms with Crippen LogP contribution in [0.3, 0.4) is 0 Å². The second-order valence-electron chi connectivity index (χ2n) is 7.71. The molecule has 0 aliphatic carbocycles. The van der Waals surface area contributed by atoms with Crippen LogP contribution in [-0.2, 0) is 0 Å². The second-order valence-corrected chi connectivity index (χ2v) is 7.71. The van der Waals surface area contributed by atoms with Crippen molar-refractivity contribution >= 4 is 22.7 Å². The maximum Gasteiger partial charge on any atom is 0.0410 e. The van der Waals surface area contributed by atoms with E-state index in [1.165, 1.54) is 29.2 Å². The molecule has 0 atom stereocenters. The minimum atomic E-state index is 1.02. The van der Waals surface area contributed by atoms with Crippen LogP contribution in [-0.4, -0.2) is 13.1 Å². The van der Waals surface area contributed by atoms with Gasteiger partial charge in [0, 0.05) is 35.8 Å². The summed E-state index contributed by atoms with van der Waals surface area (Å²) in [5.41, 5.74) is 5.01. The van der Waals surface area contributed by atoms with Crippen LogP contribution >= 0.6 is 0 Å². The molecule has 0 unspecified atom stereocenters. The highest BCUT2D eigenvalue weighted by Gasteiger charge is 2.10. The maximum atomic E-state index is 2.42. The minimum absolute atomic E-state index is 1.02. The van der Waals surface area contributed by atoms with Gasteiger partial charge >= 0.3 is 0 Å². The van der Waals surface area contributed by atoms with Crippen molar-refractivity contribution in [3.63, 3.8) is 0 Å². The molecule has 2 nitrogen and oxygen atoms in total. The molecule has 4 aromatic carbocycles. The van der Waals surface area contributed by atoms with E-state index in [0.717, 1.165) is 25.9 Å². The van der Waals surface area contributed by atoms with Gasteiger partial charge in [-0.1, -0.05) is 72.8 Å². The molecule has 4 rings (SSSR count). The van der Waals surface area contributed by atoms with Crippen molar-refractivity contribution in [2.24, 2.45) is 0 Å². The van der Waals surface area contributed by atoms with Crippen molar-refractivity contribution in [3.05, 3.63) is 121 Å². The monoisotopic (exact) mass is 406 g/mol. The molecule has 31 heavy (non-hydrogen) atoms. The average Bonchev–Trinajstić information content (AvgIpc) is 2.86. The molecule has 156 valence electrons. The van der Waals surface area contributed by atoms with Gasteiger partial charge in [-0.05, 0) is 67.8 Å². The summed E-state index contributed by atoms with van der Waals surface area (Å²) in [7, 11) is 0. The molecular formula is C29H30N2. The molecule has 0 amide bonds. The smallest absolute Gasteiger partial charge is 0.0410 e. The van der Waals surface area contributed by atoms with Gasteiger partial charge in [-0.25, -0.2) is 0 Å². The van der Waals surface area contributed by atoms with E-state index in [4.69, 9.17) is 0 Å². The van der Waals surface area contributed by atoms with Crippen LogP contribution in [0, 0.1) is 0 Å². The third kappa shape index (κ3) is 5.76. The topological polar surface area (TPSA) is 6.48 Å². The average molecular weight is 407 g/mol. The lowest BCUT2D eigenvalue weighted by Crippen LogP contribution is -2.20. The lowest BCUT2D eigenvalue weighted by molar-refractivity contribution is 0.680. The van der Waals surface area contributed by atoms with Crippen molar-refractivity contribution in [2.45, 2.75) is 19.3 Å². The molecule has 0 radical (unpaired) electrons. The quantitative estimate of drug-likeness (QED) is 0.248. The van der Waals surface area contributed by atoms with Crippen molar-refractivity contribution < 1.29 is 0 Å². The number of nitrogens with zero attached hydrogens (tertiary/aromatic N) is 2. The normalized spacial score (nSPS) is 10.6. The standard InChI is InChI=1S/C29H30N2/c1-6-16-26(17-7-1)30(27-18-8-2-9-19-27)24-14-5-15-25-31(28-20-10-3-11-21-28)29-22-12-4-13-23-29/h1-4,6-13,16-23H,5,14-15,24-25H2. The predicted octanol–water partition coefficient (Wildman–Crippen LogP) is 7.83. The summed E-state index contributed by atoms with van der Waals surface area (Å²) in [4.78, 5) is 4.85. The Balaban J connectivity index is 1.37. The number of hydrogen-bond acceptors (Lipinski definition) is 2. The third-order valence-corrected chi connectivity index (χ3v) is 5.53. The van der Waals surface area contributed by atoms with Crippen molar-refractivity contribution in [1.29, 1.82) is 0 Å². The number of benzene rings is 4. The predicted molar refractivity (Wildman–Crippen MR) is 134 cm³/mol. The largest absolute Gasteiger partial charge is 0.341 e. The van der Waals surface area contributed by atoms with E-state index in [0.29, 0.717) is 0 Å². The summed E-state index contributed by atoms with van der Waals surface area (Å²) in [6.07, 6.45) is 3.49. The number of rotatable bonds is 10. The van der Waals surface area contributed by atoms with Crippen molar-refractivity contribution in [3.8, 4) is 0 Å². The summed E-state index contributed by atoms with van der Waals surface area (Å²) in [5.74, 6) is 0. The highest BCUT2D eigenvalue weighted by molar-refractivity contribution is 5.63. The Morgan fingerprint density at radius 3 is 0.839 bits per heavy atom. The first-order valence-corrected chi connectivity index (χ1v) is 11.2. The van der Waals surface area contributed by atoms with E-state index < -0.39 is 0 Å². The molecule has 0 N–H and O–H groups in total. The zero-order valence-electron chi connectivity index (χ0n) is 18.0. The van der Waals surface area contributed by atoms with Crippen LogP contribution < -0.4 is 9.80 Å². The fraction of sp³-hybridized carbons (Fsp3) is 0.172. The van der Waals surface area contributed by atoms with Crippen molar-refractivity contribution in [1.82, 2.24) is 0 Å². The summed E-state index contributed by atoms with van der Waals surface area (Å²) < 4.78 is 0. The van der Waals surface area contributed by atoms with E-state index in [-0.39, 0.29) is 0 Å². The first kappa shape index (κ1) is 20.7. The van der Waals surface area contributed by atoms with Gasteiger partial charge in [-0.2, -0.15) is 0 Å². The van der Waals surface area contributed by atoms with Gasteiger partial charge in [0.25, 0.3) is 0 Å². The van der Waals surface area contributed by atoms with Gasteiger partial charge in [-0.3, -0.25) is 0 Å². The van der Waals surface area contributed by atoms with Crippen LogP contribution in [0.15, 0.2) is 121 Å². The van der Waals surface area contributed by atoms with E-state index in [1.54, 1.807) is 0 Å². The number of anilines is 4. The van der Waals surface area contributed by atoms with Crippen molar-refractivity contribution in [2.75, 3.05) is 22.9 Å². The highest BCUT2D eigenvalue weighted by atomic mass is 15.1. The maximum absolute atomic E-state index is 2.42. The van der Waals surface area contributed by atoms with Gasteiger partial charge in [0.1, 0.15) is 0 Å². The number of hydrogen-bond donors (Lipinski definition) is 0. The van der Waals surface area contributed by atoms with E-state index in [9.17, 15) is 0 Å². The first-order valence-electron chi connectivity index (χ1n) is 11.2. The molecular weight excluding hydrogens is 376 g/mol. The zero-order chi connectivity index (χ0) is 21.1. The molecule has 0 fully saturated rings. The molecule has 4 aromatic rings. The van der Waals surface area contributed by atoms with Crippen LogP contribution in [0.25, 0.3) is 0 Å². The zero-order valence-corrected chi connectivity index (χ0v) is 18.0. The summed E-state index contributed by atoms with van der Waals surface area (Å²) >= 11 is 0. The van der Waals surface area contributed by atoms with Crippen LogP contribution in [0.2, 0.25) is 0 Å². The Morgan fingerprint density at radius 2 is 0.581 bits per heavy atom. The Morgan fingerprint density at radius 1 is 0.323 bits per heavy atom. The van der Waals surface area contributed by atoms with Gasteiger partial charge in [0.15, 0.2) is 0 Å². The Labute approximate surface area is 186 Å². The number of para-hydroxylation sites is 4. The molecule has 0 aromatic heterocycles. The summed E-state index contributed by atoms with van der Waals surface area (Å²) in [5, 5.41) is 0. The van der Waals surface area contributed by atoms with Crippen LogP contribution in [0.1, 0.15) is 19.3 Å². The Kier molecular flexibility index (Phi) is 7.38. The fourth-order valence-electron chi connectivity index (χ4n) is 3.96. The van der Waals surface area contributed by atoms with Gasteiger partial charge in [0.2, 0.25) is 0 Å². The molecule has 0 spiro atoms. The van der Waals surface area contributed by atoms with Gasteiger partial charge in [-0.15, -0.1) is 0 Å². The lowest BCUT2D eigenvalue weighted by atomic mass is 10.1. The highest BCUT2D eigenvalue weighted by Crippen LogP contribution is 2.27. The molecule has 0 bridgehead atoms. The molecule has 0 saturated heterocycles. The van der Waals surface area contributed by atoms with Crippen LogP contribution in [0.5, 0.6) is 0 Å². The van der Waals surface area contributed by atoms with Gasteiger partial charge in [0.05, 0.1) is 0 Å². The summed E-state index contributed by atoms with van der Waals surface area (Å²) in [6.45, 7) is 2.04. The molecule has 0 heterocycles.